The van der Waals surface area contributed by atoms with E-state index in [0.717, 1.165) is 22.7 Å². The van der Waals surface area contributed by atoms with Crippen LogP contribution in [0.4, 0.5) is 17.1 Å². The van der Waals surface area contributed by atoms with E-state index < -0.39 is 5.41 Å². The minimum atomic E-state index is -0.473. The van der Waals surface area contributed by atoms with E-state index in [-0.39, 0.29) is 0 Å². The highest BCUT2D eigenvalue weighted by Crippen LogP contribution is 2.63. The van der Waals surface area contributed by atoms with E-state index in [0.29, 0.717) is 0 Å². The van der Waals surface area contributed by atoms with Crippen molar-refractivity contribution in [3.05, 3.63) is 265 Å². The Morgan fingerprint density at radius 1 is 0.292 bits per heavy atom. The molecule has 2 nitrogen and oxygen atoms in total. The minimum Gasteiger partial charge on any atom is -0.308 e. The van der Waals surface area contributed by atoms with Gasteiger partial charge in [0.25, 0.3) is 0 Å². The van der Waals surface area contributed by atoms with Gasteiger partial charge in [-0.15, -0.1) is 0 Å². The van der Waals surface area contributed by atoms with Crippen LogP contribution in [0.5, 0.6) is 0 Å². The van der Waals surface area contributed by atoms with Gasteiger partial charge in [-0.1, -0.05) is 194 Å². The normalized spacial score (nSPS) is 13.0. The molecule has 11 aromatic carbocycles. The number of hydrogen-bond acceptors (Lipinski definition) is 1. The van der Waals surface area contributed by atoms with Gasteiger partial charge in [0.1, 0.15) is 0 Å². The first kappa shape index (κ1) is 36.1. The van der Waals surface area contributed by atoms with Gasteiger partial charge in [-0.3, -0.25) is 0 Å². The Morgan fingerprint density at radius 2 is 0.785 bits per heavy atom. The maximum Gasteiger partial charge on any atom is 0.0782 e. The van der Waals surface area contributed by atoms with Gasteiger partial charge in [-0.05, 0) is 120 Å². The first-order valence-electron chi connectivity index (χ1n) is 22.6. The lowest BCUT2D eigenvalue weighted by atomic mass is 9.70. The molecule has 0 fully saturated rings. The number of para-hydroxylation sites is 4. The van der Waals surface area contributed by atoms with Crippen molar-refractivity contribution in [1.29, 1.82) is 0 Å². The molecule has 14 rings (SSSR count). The van der Waals surface area contributed by atoms with Gasteiger partial charge >= 0.3 is 0 Å². The largest absolute Gasteiger partial charge is 0.308 e. The van der Waals surface area contributed by atoms with Crippen molar-refractivity contribution < 1.29 is 0 Å². The van der Waals surface area contributed by atoms with Crippen molar-refractivity contribution in [1.82, 2.24) is 4.57 Å². The Balaban J connectivity index is 1.11. The summed E-state index contributed by atoms with van der Waals surface area (Å²) < 4.78 is 2.53. The zero-order valence-corrected chi connectivity index (χ0v) is 35.5. The molecule has 1 aromatic heterocycles. The first-order valence-corrected chi connectivity index (χ1v) is 22.6. The zero-order valence-electron chi connectivity index (χ0n) is 35.5. The Labute approximate surface area is 377 Å². The lowest BCUT2D eigenvalue weighted by Crippen LogP contribution is -2.26. The molecule has 0 unspecified atom stereocenters. The van der Waals surface area contributed by atoms with Crippen molar-refractivity contribution in [2.75, 3.05) is 4.90 Å². The van der Waals surface area contributed by atoms with Gasteiger partial charge in [-0.2, -0.15) is 0 Å². The third-order valence-corrected chi connectivity index (χ3v) is 14.4. The smallest absolute Gasteiger partial charge is 0.0782 e. The fourth-order valence-electron chi connectivity index (χ4n) is 11.8. The molecule has 0 radical (unpaired) electrons. The molecule has 302 valence electrons. The summed E-state index contributed by atoms with van der Waals surface area (Å²) in [6.07, 6.45) is 0. The number of anilines is 3. The number of nitrogens with zero attached hydrogens (tertiary/aromatic N) is 2. The molecule has 2 aliphatic rings. The van der Waals surface area contributed by atoms with E-state index in [1.54, 1.807) is 0 Å². The standard InChI is InChI=1S/C63H40N2/c1-2-20-42(21-3-1)64(43-37-38-50-49-27-10-15-33-57(49)63(58(50)40-43)55-31-13-8-25-47(55)48-26-9-14-32-56(48)63)61-36-18-30-53(54-39-41-19-4-5-22-44(41)45-23-6-7-24-46(45)54)62(61)65-59-34-16-11-28-51(59)52-29-12-17-35-60(52)65/h1-40H. The molecule has 0 aliphatic heterocycles. The molecular weight excluding hydrogens is 785 g/mol. The van der Waals surface area contributed by atoms with Crippen LogP contribution in [0.2, 0.25) is 0 Å². The topological polar surface area (TPSA) is 8.17 Å². The first-order chi connectivity index (χ1) is 32.3. The molecule has 0 atom stereocenters. The Kier molecular flexibility index (Phi) is 7.64. The van der Waals surface area contributed by atoms with Gasteiger partial charge in [0.05, 0.1) is 27.8 Å². The van der Waals surface area contributed by atoms with Crippen LogP contribution in [-0.2, 0) is 5.41 Å². The monoisotopic (exact) mass is 824 g/mol. The average molecular weight is 825 g/mol. The third-order valence-electron chi connectivity index (χ3n) is 14.4. The van der Waals surface area contributed by atoms with E-state index in [1.165, 1.54) is 99.0 Å². The van der Waals surface area contributed by atoms with Crippen molar-refractivity contribution in [2.24, 2.45) is 0 Å². The Bertz CT molecular complexity index is 3790. The number of fused-ring (bicyclic) bond motifs is 16. The van der Waals surface area contributed by atoms with Crippen LogP contribution in [-0.4, -0.2) is 4.57 Å². The highest BCUT2D eigenvalue weighted by atomic mass is 15.2. The highest BCUT2D eigenvalue weighted by molar-refractivity contribution is 6.16. The van der Waals surface area contributed by atoms with E-state index in [2.05, 4.69) is 252 Å². The lowest BCUT2D eigenvalue weighted by Gasteiger charge is -2.33. The summed E-state index contributed by atoms with van der Waals surface area (Å²) in [5, 5.41) is 7.42. The molecule has 65 heavy (non-hydrogen) atoms. The van der Waals surface area contributed by atoms with Gasteiger partial charge in [-0.25, -0.2) is 0 Å². The number of rotatable bonds is 5. The van der Waals surface area contributed by atoms with Crippen LogP contribution in [0.25, 0.3) is 82.4 Å². The number of benzene rings is 11. The second-order valence-electron chi connectivity index (χ2n) is 17.5. The molecule has 1 heterocycles. The van der Waals surface area contributed by atoms with Crippen molar-refractivity contribution >= 4 is 60.4 Å². The number of aromatic nitrogens is 1. The predicted molar refractivity (Wildman–Crippen MR) is 272 cm³/mol. The van der Waals surface area contributed by atoms with Gasteiger partial charge < -0.3 is 9.47 Å². The molecule has 1 spiro atoms. The summed E-state index contributed by atoms with van der Waals surface area (Å²) in [4.78, 5) is 2.51. The van der Waals surface area contributed by atoms with Crippen LogP contribution in [0.1, 0.15) is 22.3 Å². The fourth-order valence-corrected chi connectivity index (χ4v) is 11.8. The minimum absolute atomic E-state index is 0.473. The summed E-state index contributed by atoms with van der Waals surface area (Å²) in [5.74, 6) is 0. The van der Waals surface area contributed by atoms with Crippen molar-refractivity contribution in [3.63, 3.8) is 0 Å². The van der Waals surface area contributed by atoms with Crippen LogP contribution >= 0.6 is 0 Å². The third kappa shape index (κ3) is 4.94. The molecule has 0 bridgehead atoms. The van der Waals surface area contributed by atoms with Crippen molar-refractivity contribution in [2.45, 2.75) is 5.41 Å². The molecule has 0 N–H and O–H groups in total. The van der Waals surface area contributed by atoms with Crippen molar-refractivity contribution in [3.8, 4) is 39.1 Å². The molecule has 2 aliphatic carbocycles. The molecule has 0 saturated heterocycles. The highest BCUT2D eigenvalue weighted by Gasteiger charge is 2.51. The van der Waals surface area contributed by atoms with Crippen LogP contribution in [0, 0.1) is 0 Å². The second-order valence-corrected chi connectivity index (χ2v) is 17.5. The van der Waals surface area contributed by atoms with E-state index in [4.69, 9.17) is 0 Å². The van der Waals surface area contributed by atoms with Crippen LogP contribution < -0.4 is 4.90 Å². The zero-order chi connectivity index (χ0) is 42.6. The van der Waals surface area contributed by atoms with Crippen LogP contribution in [0.3, 0.4) is 0 Å². The molecule has 12 aromatic rings. The molecule has 0 saturated carbocycles. The van der Waals surface area contributed by atoms with E-state index in [9.17, 15) is 0 Å². The van der Waals surface area contributed by atoms with Gasteiger partial charge in [0.2, 0.25) is 0 Å². The second kappa shape index (κ2) is 13.8. The summed E-state index contributed by atoms with van der Waals surface area (Å²) >= 11 is 0. The summed E-state index contributed by atoms with van der Waals surface area (Å²) in [5.41, 5.74) is 19.2. The summed E-state index contributed by atoms with van der Waals surface area (Å²) in [6.45, 7) is 0. The Hall–Kier alpha value is -8.46. The summed E-state index contributed by atoms with van der Waals surface area (Å²) in [6, 6.07) is 90.3. The molecule has 0 amide bonds. The average Bonchev–Trinajstić information content (AvgIpc) is 3.98. The number of hydrogen-bond donors (Lipinski definition) is 0. The van der Waals surface area contributed by atoms with E-state index in [1.807, 2.05) is 0 Å². The SMILES string of the molecule is c1ccc(N(c2ccc3c(c2)C2(c4ccccc4-c4ccccc42)c2ccccc2-3)c2cccc(-c3cc4ccccc4c4ccccc34)c2-n2c3ccccc3c3ccccc32)cc1. The Morgan fingerprint density at radius 3 is 1.43 bits per heavy atom. The van der Waals surface area contributed by atoms with E-state index >= 15 is 0 Å². The fraction of sp³-hybridized carbons (Fsp3) is 0.0159. The maximum absolute atomic E-state index is 2.53. The lowest BCUT2D eigenvalue weighted by molar-refractivity contribution is 0.793. The predicted octanol–water partition coefficient (Wildman–Crippen LogP) is 16.6. The van der Waals surface area contributed by atoms with Gasteiger partial charge in [0.15, 0.2) is 0 Å². The maximum atomic E-state index is 2.53. The van der Waals surface area contributed by atoms with Crippen LogP contribution in [0.15, 0.2) is 243 Å². The quantitative estimate of drug-likeness (QED) is 0.157. The summed E-state index contributed by atoms with van der Waals surface area (Å²) in [7, 11) is 0. The molecular formula is C63H40N2. The molecule has 2 heteroatoms. The van der Waals surface area contributed by atoms with Gasteiger partial charge in [0, 0.05) is 27.7 Å².